The van der Waals surface area contributed by atoms with E-state index in [0.717, 1.165) is 18.2 Å². The predicted molar refractivity (Wildman–Crippen MR) is 93.7 cm³/mol. The van der Waals surface area contributed by atoms with Crippen LogP contribution in [0.15, 0.2) is 42.5 Å². The Morgan fingerprint density at radius 2 is 1.06 bits per heavy atom. The van der Waals surface area contributed by atoms with Crippen molar-refractivity contribution in [3.63, 3.8) is 0 Å². The summed E-state index contributed by atoms with van der Waals surface area (Å²) in [5.41, 5.74) is -2.16. The van der Waals surface area contributed by atoms with Crippen LogP contribution in [0.1, 0.15) is 11.3 Å². The van der Waals surface area contributed by atoms with Crippen LogP contribution in [0, 0.1) is 6.92 Å². The molecule has 0 atom stereocenters. The van der Waals surface area contributed by atoms with Gasteiger partial charge in [0.05, 0.1) is 5.52 Å². The van der Waals surface area contributed by atoms with Gasteiger partial charge in [0.1, 0.15) is 5.69 Å². The number of pyridine rings is 1. The van der Waals surface area contributed by atoms with Crippen LogP contribution >= 0.6 is 0 Å². The van der Waals surface area contributed by atoms with Gasteiger partial charge in [0.15, 0.2) is 0 Å². The van der Waals surface area contributed by atoms with Crippen LogP contribution in [-0.4, -0.2) is 34.9 Å². The first-order chi connectivity index (χ1) is 15.2. The Kier molecular flexibility index (Phi) is 5.58. The topological polar surface area (TPSA) is 12.9 Å². The smallest absolute Gasteiger partial charge is 0.246 e. The first kappa shape index (κ1) is 25.8. The molecular weight excluding hydrogens is 501 g/mol. The third kappa shape index (κ3) is 3.28. The lowest BCUT2D eigenvalue weighted by atomic mass is 9.90. The molecule has 3 aromatic rings. The van der Waals surface area contributed by atoms with E-state index in [1.807, 2.05) is 0 Å². The minimum atomic E-state index is -7.96. The third-order valence-electron chi connectivity index (χ3n) is 5.09. The number of alkyl halides is 13. The summed E-state index contributed by atoms with van der Waals surface area (Å²) >= 11 is 0. The van der Waals surface area contributed by atoms with Crippen molar-refractivity contribution in [3.05, 3.63) is 53.7 Å². The number of aryl methyl sites for hydroxylation is 1. The first-order valence-electron chi connectivity index (χ1n) is 8.97. The molecule has 0 radical (unpaired) electrons. The standard InChI is InChI=1S/C20H10F13N/c1-9-6-7-13-12(8-9)10-4-2-3-5-11(10)14(34-13)15(21,22)16(23,24)17(25,26)18(27,28)19(29,30)20(31,32)33/h2-8H,1H3. The van der Waals surface area contributed by atoms with Gasteiger partial charge in [-0.2, -0.15) is 57.1 Å². The van der Waals surface area contributed by atoms with Crippen LogP contribution in [0.25, 0.3) is 21.7 Å². The minimum absolute atomic E-state index is 0.0687. The molecule has 34 heavy (non-hydrogen) atoms. The number of aromatic nitrogens is 1. The minimum Gasteiger partial charge on any atom is -0.246 e. The Balaban J connectivity index is 2.31. The average molecular weight is 511 g/mol. The van der Waals surface area contributed by atoms with Gasteiger partial charge in [-0.3, -0.25) is 0 Å². The van der Waals surface area contributed by atoms with Crippen LogP contribution in [-0.2, 0) is 5.92 Å². The van der Waals surface area contributed by atoms with E-state index in [-0.39, 0.29) is 10.8 Å². The Bertz CT molecular complexity index is 1240. The molecule has 1 nitrogen and oxygen atoms in total. The number of nitrogens with zero attached hydrogens (tertiary/aromatic N) is 1. The van der Waals surface area contributed by atoms with Crippen molar-refractivity contribution in [2.75, 3.05) is 0 Å². The second-order valence-electron chi connectivity index (χ2n) is 7.40. The van der Waals surface area contributed by atoms with Gasteiger partial charge in [0.2, 0.25) is 0 Å². The lowest BCUT2D eigenvalue weighted by Crippen LogP contribution is -2.69. The SMILES string of the molecule is Cc1ccc2nc(C(F)(F)C(F)(F)C(F)(F)C(F)(F)C(F)(F)C(F)(F)F)c3ccccc3c2c1. The molecule has 0 saturated carbocycles. The zero-order valence-corrected chi connectivity index (χ0v) is 16.4. The number of fused-ring (bicyclic) bond motifs is 3. The normalized spacial score (nSPS) is 14.8. The molecule has 1 aromatic heterocycles. The second kappa shape index (κ2) is 7.35. The highest BCUT2D eigenvalue weighted by atomic mass is 19.4. The van der Waals surface area contributed by atoms with E-state index in [4.69, 9.17) is 0 Å². The number of hydrogen-bond donors (Lipinski definition) is 0. The molecule has 1 heterocycles. The molecule has 186 valence electrons. The quantitative estimate of drug-likeness (QED) is 0.251. The van der Waals surface area contributed by atoms with Crippen molar-refractivity contribution in [2.45, 2.75) is 42.7 Å². The first-order valence-corrected chi connectivity index (χ1v) is 8.97. The summed E-state index contributed by atoms with van der Waals surface area (Å²) in [7, 11) is 0. The number of hydrogen-bond acceptors (Lipinski definition) is 1. The highest BCUT2D eigenvalue weighted by Gasteiger charge is 2.91. The van der Waals surface area contributed by atoms with Crippen LogP contribution < -0.4 is 0 Å². The van der Waals surface area contributed by atoms with Crippen LogP contribution in [0.5, 0.6) is 0 Å². The third-order valence-corrected chi connectivity index (χ3v) is 5.09. The van der Waals surface area contributed by atoms with Crippen molar-refractivity contribution >= 4 is 21.7 Å². The van der Waals surface area contributed by atoms with Crippen molar-refractivity contribution in [1.82, 2.24) is 4.98 Å². The lowest BCUT2D eigenvalue weighted by Gasteiger charge is -2.39. The highest BCUT2D eigenvalue weighted by molar-refractivity contribution is 6.07. The Hall–Kier alpha value is -2.80. The molecular formula is C20H10F13N. The van der Waals surface area contributed by atoms with Crippen LogP contribution in [0.3, 0.4) is 0 Å². The van der Waals surface area contributed by atoms with Gasteiger partial charge in [-0.1, -0.05) is 35.9 Å². The molecule has 3 rings (SSSR count). The van der Waals surface area contributed by atoms with E-state index in [1.54, 1.807) is 6.92 Å². The number of benzene rings is 2. The van der Waals surface area contributed by atoms with Crippen LogP contribution in [0.4, 0.5) is 57.1 Å². The second-order valence-corrected chi connectivity index (χ2v) is 7.40. The fraction of sp³-hybridized carbons (Fsp3) is 0.350. The van der Waals surface area contributed by atoms with Gasteiger partial charge in [-0.25, -0.2) is 4.98 Å². The summed E-state index contributed by atoms with van der Waals surface area (Å²) < 4.78 is 176. The maximum Gasteiger partial charge on any atom is 0.460 e. The van der Waals surface area contributed by atoms with Crippen molar-refractivity contribution < 1.29 is 57.1 Å². The van der Waals surface area contributed by atoms with Gasteiger partial charge in [0.25, 0.3) is 0 Å². The van der Waals surface area contributed by atoms with Gasteiger partial charge >= 0.3 is 35.8 Å². The zero-order chi connectivity index (χ0) is 26.1. The van der Waals surface area contributed by atoms with Crippen molar-refractivity contribution in [2.24, 2.45) is 0 Å². The van der Waals surface area contributed by atoms with Crippen molar-refractivity contribution in [1.29, 1.82) is 0 Å². The summed E-state index contributed by atoms with van der Waals surface area (Å²) in [6, 6.07) is 7.63. The van der Waals surface area contributed by atoms with Crippen LogP contribution in [0.2, 0.25) is 0 Å². The Morgan fingerprint density at radius 3 is 1.59 bits per heavy atom. The van der Waals surface area contributed by atoms with E-state index in [0.29, 0.717) is 11.6 Å². The maximum atomic E-state index is 14.8. The van der Waals surface area contributed by atoms with E-state index >= 15 is 0 Å². The van der Waals surface area contributed by atoms with Gasteiger partial charge in [-0.05, 0) is 24.4 Å². The number of rotatable bonds is 5. The highest BCUT2D eigenvalue weighted by Crippen LogP contribution is 2.62. The maximum absolute atomic E-state index is 14.8. The zero-order valence-electron chi connectivity index (χ0n) is 16.4. The van der Waals surface area contributed by atoms with Gasteiger partial charge in [-0.15, -0.1) is 0 Å². The largest absolute Gasteiger partial charge is 0.460 e. The lowest BCUT2D eigenvalue weighted by molar-refractivity contribution is -0.441. The van der Waals surface area contributed by atoms with E-state index in [9.17, 15) is 57.1 Å². The summed E-state index contributed by atoms with van der Waals surface area (Å²) in [5, 5.41) is -1.14. The Labute approximate surface area is 181 Å². The molecule has 0 unspecified atom stereocenters. The summed E-state index contributed by atoms with van der Waals surface area (Å²) in [5.74, 6) is -37.5. The van der Waals surface area contributed by atoms with Gasteiger partial charge in [0, 0.05) is 10.8 Å². The van der Waals surface area contributed by atoms with Crippen molar-refractivity contribution in [3.8, 4) is 0 Å². The Morgan fingerprint density at radius 1 is 0.559 bits per heavy atom. The molecule has 0 N–H and O–H groups in total. The van der Waals surface area contributed by atoms with E-state index in [1.165, 1.54) is 18.2 Å². The monoisotopic (exact) mass is 511 g/mol. The fourth-order valence-electron chi connectivity index (χ4n) is 3.23. The average Bonchev–Trinajstić information content (AvgIpc) is 2.71. The molecule has 0 aliphatic heterocycles. The van der Waals surface area contributed by atoms with Gasteiger partial charge < -0.3 is 0 Å². The molecule has 0 bridgehead atoms. The van der Waals surface area contributed by atoms with E-state index < -0.39 is 52.4 Å². The summed E-state index contributed by atoms with van der Waals surface area (Å²) in [6.45, 7) is 1.55. The fourth-order valence-corrected chi connectivity index (χ4v) is 3.23. The predicted octanol–water partition coefficient (Wildman–Crippen LogP) is 7.89. The molecule has 0 amide bonds. The molecule has 0 fully saturated rings. The molecule has 0 aliphatic rings. The molecule has 0 spiro atoms. The van der Waals surface area contributed by atoms with E-state index in [2.05, 4.69) is 4.98 Å². The molecule has 0 aliphatic carbocycles. The molecule has 14 heteroatoms. The summed E-state index contributed by atoms with van der Waals surface area (Å²) in [6.07, 6.45) is -7.46. The number of halogens is 13. The summed E-state index contributed by atoms with van der Waals surface area (Å²) in [4.78, 5) is 3.17. The molecule has 0 saturated heterocycles. The molecule has 2 aromatic carbocycles.